The summed E-state index contributed by atoms with van der Waals surface area (Å²) in [6, 6.07) is 3.41. The molecule has 0 fully saturated rings. The molecule has 1 unspecified atom stereocenters. The second kappa shape index (κ2) is 7.07. The molecule has 0 bridgehead atoms. The largest absolute Gasteiger partial charge is 0.383 e. The van der Waals surface area contributed by atoms with E-state index in [-0.39, 0.29) is 6.04 Å². The molecule has 0 aliphatic rings. The minimum Gasteiger partial charge on any atom is -0.383 e. The number of hydrogen-bond acceptors (Lipinski definition) is 4. The average Bonchev–Trinajstić information content (AvgIpc) is 2.43. The van der Waals surface area contributed by atoms with Gasteiger partial charge in [-0.3, -0.25) is 4.98 Å². The van der Waals surface area contributed by atoms with E-state index in [2.05, 4.69) is 22.2 Å². The molecule has 0 spiro atoms. The summed E-state index contributed by atoms with van der Waals surface area (Å²) in [4.78, 5) is 8.56. The van der Waals surface area contributed by atoms with Crippen LogP contribution < -0.4 is 11.1 Å². The second-order valence-electron chi connectivity index (χ2n) is 4.83. The molecule has 0 aromatic carbocycles. The van der Waals surface area contributed by atoms with Gasteiger partial charge in [0.2, 0.25) is 0 Å². The standard InChI is InChI=1S/C15H18Cl2N4/c1-3-5-19-14(12-9(2)4-6-20-15(12)18)13-11(17)7-10(16)8-21-13/h4,6-8,14,19H,3,5H2,1-2H3,(H2,18,20). The third kappa shape index (κ3) is 3.64. The molecule has 21 heavy (non-hydrogen) atoms. The van der Waals surface area contributed by atoms with Crippen LogP contribution in [0.4, 0.5) is 5.82 Å². The van der Waals surface area contributed by atoms with Gasteiger partial charge in [-0.15, -0.1) is 0 Å². The van der Waals surface area contributed by atoms with Crippen LogP contribution in [0.2, 0.25) is 10.0 Å². The van der Waals surface area contributed by atoms with Crippen molar-refractivity contribution in [3.8, 4) is 0 Å². The number of anilines is 1. The lowest BCUT2D eigenvalue weighted by molar-refractivity contribution is 0.584. The van der Waals surface area contributed by atoms with E-state index >= 15 is 0 Å². The molecule has 0 saturated carbocycles. The maximum absolute atomic E-state index is 6.31. The Labute approximate surface area is 134 Å². The molecule has 6 heteroatoms. The zero-order valence-corrected chi connectivity index (χ0v) is 13.5. The van der Waals surface area contributed by atoms with Crippen LogP contribution in [0.1, 0.15) is 36.2 Å². The maximum atomic E-state index is 6.31. The molecular weight excluding hydrogens is 307 g/mol. The summed E-state index contributed by atoms with van der Waals surface area (Å²) < 4.78 is 0. The van der Waals surface area contributed by atoms with Crippen LogP contribution in [-0.4, -0.2) is 16.5 Å². The summed E-state index contributed by atoms with van der Waals surface area (Å²) in [6.07, 6.45) is 4.27. The number of hydrogen-bond donors (Lipinski definition) is 2. The quantitative estimate of drug-likeness (QED) is 0.878. The first-order chi connectivity index (χ1) is 10.0. The van der Waals surface area contributed by atoms with Gasteiger partial charge in [0.1, 0.15) is 5.82 Å². The Bertz CT molecular complexity index is 611. The summed E-state index contributed by atoms with van der Waals surface area (Å²) in [5.74, 6) is 0.483. The van der Waals surface area contributed by atoms with E-state index in [0.29, 0.717) is 21.6 Å². The van der Waals surface area contributed by atoms with Gasteiger partial charge in [0, 0.05) is 18.0 Å². The summed E-state index contributed by atoms with van der Waals surface area (Å²) in [6.45, 7) is 4.91. The SMILES string of the molecule is CCCNC(c1ncc(Cl)cc1Cl)c1c(C)ccnc1N. The lowest BCUT2D eigenvalue weighted by Crippen LogP contribution is -2.26. The first kappa shape index (κ1) is 16.0. The number of nitrogens with one attached hydrogen (secondary N) is 1. The predicted octanol–water partition coefficient (Wildman–Crippen LogP) is 3.76. The first-order valence-electron chi connectivity index (χ1n) is 6.79. The highest BCUT2D eigenvalue weighted by atomic mass is 35.5. The van der Waals surface area contributed by atoms with Crippen LogP contribution in [0.5, 0.6) is 0 Å². The fourth-order valence-corrected chi connectivity index (χ4v) is 2.72. The number of nitrogens with two attached hydrogens (primary N) is 1. The molecule has 0 amide bonds. The third-order valence-electron chi connectivity index (χ3n) is 3.24. The first-order valence-corrected chi connectivity index (χ1v) is 7.55. The molecule has 4 nitrogen and oxygen atoms in total. The maximum Gasteiger partial charge on any atom is 0.128 e. The van der Waals surface area contributed by atoms with Crippen molar-refractivity contribution in [3.05, 3.63) is 51.4 Å². The van der Waals surface area contributed by atoms with E-state index in [1.165, 1.54) is 0 Å². The van der Waals surface area contributed by atoms with Gasteiger partial charge in [0.05, 0.1) is 21.8 Å². The fourth-order valence-electron chi connectivity index (χ4n) is 2.23. The Morgan fingerprint density at radius 2 is 2.10 bits per heavy atom. The third-order valence-corrected chi connectivity index (χ3v) is 3.75. The van der Waals surface area contributed by atoms with Crippen molar-refractivity contribution < 1.29 is 0 Å². The van der Waals surface area contributed by atoms with Gasteiger partial charge in [0.15, 0.2) is 0 Å². The molecule has 0 aliphatic heterocycles. The van der Waals surface area contributed by atoms with Crippen LogP contribution in [0, 0.1) is 6.92 Å². The zero-order valence-electron chi connectivity index (χ0n) is 12.0. The van der Waals surface area contributed by atoms with Gasteiger partial charge in [0.25, 0.3) is 0 Å². The van der Waals surface area contributed by atoms with Gasteiger partial charge < -0.3 is 11.1 Å². The lowest BCUT2D eigenvalue weighted by Gasteiger charge is -2.22. The van der Waals surface area contributed by atoms with E-state index in [9.17, 15) is 0 Å². The summed E-state index contributed by atoms with van der Waals surface area (Å²) in [7, 11) is 0. The Morgan fingerprint density at radius 3 is 2.71 bits per heavy atom. The Morgan fingerprint density at radius 1 is 1.33 bits per heavy atom. The molecule has 0 aliphatic carbocycles. The minimum atomic E-state index is -0.205. The number of halogens is 2. The van der Waals surface area contributed by atoms with Crippen molar-refractivity contribution in [3.63, 3.8) is 0 Å². The van der Waals surface area contributed by atoms with Gasteiger partial charge >= 0.3 is 0 Å². The summed E-state index contributed by atoms with van der Waals surface area (Å²) in [5.41, 5.74) is 8.72. The van der Waals surface area contributed by atoms with Crippen molar-refractivity contribution >= 4 is 29.0 Å². The van der Waals surface area contributed by atoms with E-state index < -0.39 is 0 Å². The molecule has 0 radical (unpaired) electrons. The van der Waals surface area contributed by atoms with Gasteiger partial charge in [-0.2, -0.15) is 0 Å². The van der Waals surface area contributed by atoms with Crippen LogP contribution in [0.15, 0.2) is 24.5 Å². The van der Waals surface area contributed by atoms with E-state index in [1.807, 2.05) is 13.0 Å². The minimum absolute atomic E-state index is 0.205. The lowest BCUT2D eigenvalue weighted by atomic mass is 9.99. The highest BCUT2D eigenvalue weighted by Gasteiger charge is 2.22. The molecular formula is C15H18Cl2N4. The van der Waals surface area contributed by atoms with E-state index in [0.717, 1.165) is 24.1 Å². The molecule has 1 atom stereocenters. The van der Waals surface area contributed by atoms with Crippen molar-refractivity contribution in [2.24, 2.45) is 0 Å². The number of nitrogen functional groups attached to an aromatic ring is 1. The van der Waals surface area contributed by atoms with Crippen molar-refractivity contribution in [1.29, 1.82) is 0 Å². The molecule has 2 aromatic rings. The van der Waals surface area contributed by atoms with E-state index in [1.54, 1.807) is 18.5 Å². The topological polar surface area (TPSA) is 63.8 Å². The monoisotopic (exact) mass is 324 g/mol. The van der Waals surface area contributed by atoms with Crippen LogP contribution in [0.3, 0.4) is 0 Å². The molecule has 0 saturated heterocycles. The van der Waals surface area contributed by atoms with Crippen molar-refractivity contribution in [2.75, 3.05) is 12.3 Å². The zero-order chi connectivity index (χ0) is 15.4. The van der Waals surface area contributed by atoms with Gasteiger partial charge in [-0.25, -0.2) is 4.98 Å². The molecule has 112 valence electrons. The van der Waals surface area contributed by atoms with Gasteiger partial charge in [-0.05, 0) is 37.6 Å². The number of pyridine rings is 2. The second-order valence-corrected chi connectivity index (χ2v) is 5.68. The van der Waals surface area contributed by atoms with Crippen molar-refractivity contribution in [1.82, 2.24) is 15.3 Å². The Balaban J connectivity index is 2.52. The number of aryl methyl sites for hydroxylation is 1. The Hall–Kier alpha value is -1.36. The molecule has 2 rings (SSSR count). The summed E-state index contributed by atoms with van der Waals surface area (Å²) >= 11 is 12.2. The summed E-state index contributed by atoms with van der Waals surface area (Å²) in [5, 5.41) is 4.45. The highest BCUT2D eigenvalue weighted by molar-refractivity contribution is 6.34. The van der Waals surface area contributed by atoms with Crippen LogP contribution in [0.25, 0.3) is 0 Å². The average molecular weight is 325 g/mol. The number of aromatic nitrogens is 2. The smallest absolute Gasteiger partial charge is 0.128 e. The van der Waals surface area contributed by atoms with Crippen LogP contribution in [-0.2, 0) is 0 Å². The molecule has 3 N–H and O–H groups in total. The number of rotatable bonds is 5. The van der Waals surface area contributed by atoms with Gasteiger partial charge in [-0.1, -0.05) is 30.1 Å². The predicted molar refractivity (Wildman–Crippen MR) is 87.8 cm³/mol. The van der Waals surface area contributed by atoms with Crippen molar-refractivity contribution in [2.45, 2.75) is 26.3 Å². The molecule has 2 heterocycles. The van der Waals surface area contributed by atoms with E-state index in [4.69, 9.17) is 28.9 Å². The Kier molecular flexibility index (Phi) is 5.39. The normalized spacial score (nSPS) is 12.4. The number of nitrogens with zero attached hydrogens (tertiary/aromatic N) is 2. The van der Waals surface area contributed by atoms with Crippen LogP contribution >= 0.6 is 23.2 Å². The fraction of sp³-hybridized carbons (Fsp3) is 0.333. The molecule has 2 aromatic heterocycles. The highest BCUT2D eigenvalue weighted by Crippen LogP contribution is 2.32.